The first-order valence-corrected chi connectivity index (χ1v) is 6.39. The standard InChI is InChI=1S/C12H20N4O/c1-2-5-10-8-11(16-15-10)14-12(17)13-9-6-3-4-7-9/h8-9H,2-7H2,1H3,(H3,13,14,15,16,17). The minimum absolute atomic E-state index is 0.147. The molecule has 1 aliphatic carbocycles. The van der Waals surface area contributed by atoms with Gasteiger partial charge in [0, 0.05) is 17.8 Å². The number of aryl methyl sites for hydroxylation is 1. The number of nitrogens with zero attached hydrogens (tertiary/aromatic N) is 1. The molecule has 1 aromatic heterocycles. The SMILES string of the molecule is CCCc1cc(NC(=O)NC2CCCC2)n[nH]1. The summed E-state index contributed by atoms with van der Waals surface area (Å²) in [6.45, 7) is 2.11. The van der Waals surface area contributed by atoms with Crippen molar-refractivity contribution in [2.24, 2.45) is 0 Å². The quantitative estimate of drug-likeness (QED) is 0.751. The highest BCUT2D eigenvalue weighted by Gasteiger charge is 2.17. The van der Waals surface area contributed by atoms with Gasteiger partial charge in [-0.05, 0) is 19.3 Å². The lowest BCUT2D eigenvalue weighted by atomic mass is 10.2. The molecule has 0 aliphatic heterocycles. The van der Waals surface area contributed by atoms with Crippen molar-refractivity contribution in [3.63, 3.8) is 0 Å². The summed E-state index contributed by atoms with van der Waals surface area (Å²) < 4.78 is 0. The van der Waals surface area contributed by atoms with Crippen molar-refractivity contribution in [1.82, 2.24) is 15.5 Å². The van der Waals surface area contributed by atoms with E-state index in [1.54, 1.807) is 0 Å². The minimum Gasteiger partial charge on any atom is -0.335 e. The molecule has 0 spiro atoms. The Morgan fingerprint density at radius 3 is 3.00 bits per heavy atom. The number of aromatic nitrogens is 2. The molecule has 5 heteroatoms. The zero-order valence-corrected chi connectivity index (χ0v) is 10.3. The van der Waals surface area contributed by atoms with Gasteiger partial charge >= 0.3 is 6.03 Å². The molecule has 5 nitrogen and oxygen atoms in total. The molecule has 1 fully saturated rings. The topological polar surface area (TPSA) is 69.8 Å². The predicted octanol–water partition coefficient (Wildman–Crippen LogP) is 2.43. The van der Waals surface area contributed by atoms with Gasteiger partial charge in [-0.1, -0.05) is 26.2 Å². The number of nitrogens with one attached hydrogen (secondary N) is 3. The van der Waals surface area contributed by atoms with Gasteiger partial charge in [-0.3, -0.25) is 10.4 Å². The zero-order chi connectivity index (χ0) is 12.1. The second kappa shape index (κ2) is 5.70. The van der Waals surface area contributed by atoms with E-state index in [-0.39, 0.29) is 6.03 Å². The van der Waals surface area contributed by atoms with Crippen LogP contribution in [0.15, 0.2) is 6.07 Å². The number of anilines is 1. The van der Waals surface area contributed by atoms with Gasteiger partial charge in [-0.25, -0.2) is 4.79 Å². The summed E-state index contributed by atoms with van der Waals surface area (Å²) in [5.74, 6) is 0.601. The third-order valence-corrected chi connectivity index (χ3v) is 3.08. The highest BCUT2D eigenvalue weighted by molar-refractivity contribution is 5.88. The summed E-state index contributed by atoms with van der Waals surface area (Å²) in [4.78, 5) is 11.7. The van der Waals surface area contributed by atoms with Crippen molar-refractivity contribution in [3.05, 3.63) is 11.8 Å². The molecule has 17 heavy (non-hydrogen) atoms. The third kappa shape index (κ3) is 3.47. The fraction of sp³-hybridized carbons (Fsp3) is 0.667. The Morgan fingerprint density at radius 1 is 1.53 bits per heavy atom. The monoisotopic (exact) mass is 236 g/mol. The molecule has 0 saturated heterocycles. The van der Waals surface area contributed by atoms with Crippen LogP contribution in [0.3, 0.4) is 0 Å². The normalized spacial score (nSPS) is 16.1. The lowest BCUT2D eigenvalue weighted by Crippen LogP contribution is -2.36. The number of H-pyrrole nitrogens is 1. The maximum absolute atomic E-state index is 11.7. The highest BCUT2D eigenvalue weighted by atomic mass is 16.2. The molecular weight excluding hydrogens is 216 g/mol. The van der Waals surface area contributed by atoms with Crippen LogP contribution < -0.4 is 10.6 Å². The minimum atomic E-state index is -0.147. The van der Waals surface area contributed by atoms with Crippen molar-refractivity contribution < 1.29 is 4.79 Å². The average molecular weight is 236 g/mol. The van der Waals surface area contributed by atoms with Crippen LogP contribution in [0.1, 0.15) is 44.7 Å². The molecule has 94 valence electrons. The lowest BCUT2D eigenvalue weighted by Gasteiger charge is -2.11. The Morgan fingerprint density at radius 2 is 2.29 bits per heavy atom. The van der Waals surface area contributed by atoms with Crippen molar-refractivity contribution in [2.45, 2.75) is 51.5 Å². The van der Waals surface area contributed by atoms with Crippen LogP contribution in [0.5, 0.6) is 0 Å². The van der Waals surface area contributed by atoms with E-state index in [1.165, 1.54) is 12.8 Å². The summed E-state index contributed by atoms with van der Waals surface area (Å²) in [7, 11) is 0. The van der Waals surface area contributed by atoms with E-state index in [1.807, 2.05) is 6.07 Å². The predicted molar refractivity (Wildman–Crippen MR) is 67.0 cm³/mol. The molecular formula is C12H20N4O. The molecule has 2 rings (SSSR count). The molecule has 1 aliphatic rings. The highest BCUT2D eigenvalue weighted by Crippen LogP contribution is 2.17. The fourth-order valence-corrected chi connectivity index (χ4v) is 2.23. The van der Waals surface area contributed by atoms with E-state index in [9.17, 15) is 4.79 Å². The van der Waals surface area contributed by atoms with Crippen LogP contribution in [0, 0.1) is 0 Å². The summed E-state index contributed by atoms with van der Waals surface area (Å²) in [6, 6.07) is 2.08. The number of carbonyl (C=O) groups excluding carboxylic acids is 1. The molecule has 0 aromatic carbocycles. The Hall–Kier alpha value is -1.52. The van der Waals surface area contributed by atoms with Crippen molar-refractivity contribution in [1.29, 1.82) is 0 Å². The van der Waals surface area contributed by atoms with Crippen LogP contribution in [-0.2, 0) is 6.42 Å². The third-order valence-electron chi connectivity index (χ3n) is 3.08. The van der Waals surface area contributed by atoms with Crippen LogP contribution in [-0.4, -0.2) is 22.3 Å². The van der Waals surface area contributed by atoms with Gasteiger partial charge in [0.05, 0.1) is 0 Å². The number of hydrogen-bond acceptors (Lipinski definition) is 2. The second-order valence-corrected chi connectivity index (χ2v) is 4.61. The number of urea groups is 1. The number of rotatable bonds is 4. The van der Waals surface area contributed by atoms with Crippen LogP contribution in [0.2, 0.25) is 0 Å². The van der Waals surface area contributed by atoms with Gasteiger partial charge in [0.15, 0.2) is 5.82 Å². The summed E-state index contributed by atoms with van der Waals surface area (Å²) in [6.07, 6.45) is 6.64. The maximum atomic E-state index is 11.7. The molecule has 0 atom stereocenters. The number of hydrogen-bond donors (Lipinski definition) is 3. The van der Waals surface area contributed by atoms with E-state index < -0.39 is 0 Å². The van der Waals surface area contributed by atoms with Gasteiger partial charge in [-0.2, -0.15) is 5.10 Å². The van der Waals surface area contributed by atoms with Crippen molar-refractivity contribution in [2.75, 3.05) is 5.32 Å². The second-order valence-electron chi connectivity index (χ2n) is 4.61. The molecule has 2 amide bonds. The zero-order valence-electron chi connectivity index (χ0n) is 10.3. The van der Waals surface area contributed by atoms with Crippen LogP contribution in [0.4, 0.5) is 10.6 Å². The fourth-order valence-electron chi connectivity index (χ4n) is 2.23. The summed E-state index contributed by atoms with van der Waals surface area (Å²) in [5.41, 5.74) is 1.06. The van der Waals surface area contributed by atoms with Crippen LogP contribution in [0.25, 0.3) is 0 Å². The van der Waals surface area contributed by atoms with Crippen LogP contribution >= 0.6 is 0 Å². The number of carbonyl (C=O) groups is 1. The first-order valence-electron chi connectivity index (χ1n) is 6.39. The molecule has 3 N–H and O–H groups in total. The van der Waals surface area contributed by atoms with E-state index in [2.05, 4.69) is 27.8 Å². The van der Waals surface area contributed by atoms with E-state index in [0.29, 0.717) is 11.9 Å². The summed E-state index contributed by atoms with van der Waals surface area (Å²) >= 11 is 0. The lowest BCUT2D eigenvalue weighted by molar-refractivity contribution is 0.248. The maximum Gasteiger partial charge on any atom is 0.320 e. The molecule has 1 saturated carbocycles. The first-order chi connectivity index (χ1) is 8.28. The molecule has 1 aromatic rings. The molecule has 0 unspecified atom stereocenters. The van der Waals surface area contributed by atoms with Gasteiger partial charge in [-0.15, -0.1) is 0 Å². The average Bonchev–Trinajstić information content (AvgIpc) is 2.91. The Labute approximate surface area is 101 Å². The van der Waals surface area contributed by atoms with Gasteiger partial charge < -0.3 is 5.32 Å². The number of aromatic amines is 1. The summed E-state index contributed by atoms with van der Waals surface area (Å²) in [5, 5.41) is 12.7. The van der Waals surface area contributed by atoms with Crippen molar-refractivity contribution >= 4 is 11.8 Å². The van der Waals surface area contributed by atoms with E-state index in [0.717, 1.165) is 31.4 Å². The molecule has 0 radical (unpaired) electrons. The Balaban J connectivity index is 1.80. The van der Waals surface area contributed by atoms with Gasteiger partial charge in [0.2, 0.25) is 0 Å². The Bertz CT molecular complexity index is 368. The molecule has 0 bridgehead atoms. The molecule has 1 heterocycles. The first kappa shape index (κ1) is 12.0. The van der Waals surface area contributed by atoms with Gasteiger partial charge in [0.1, 0.15) is 0 Å². The van der Waals surface area contributed by atoms with E-state index in [4.69, 9.17) is 0 Å². The Kier molecular flexibility index (Phi) is 4.01. The van der Waals surface area contributed by atoms with Crippen molar-refractivity contribution in [3.8, 4) is 0 Å². The van der Waals surface area contributed by atoms with E-state index >= 15 is 0 Å². The smallest absolute Gasteiger partial charge is 0.320 e. The largest absolute Gasteiger partial charge is 0.335 e. The number of amides is 2. The van der Waals surface area contributed by atoms with Gasteiger partial charge in [0.25, 0.3) is 0 Å².